The van der Waals surface area contributed by atoms with E-state index < -0.39 is 5.91 Å². The average Bonchev–Trinajstić information content (AvgIpc) is 3.03. The quantitative estimate of drug-likeness (QED) is 0.754. The van der Waals surface area contributed by atoms with Crippen LogP contribution in [0, 0.1) is 0 Å². The summed E-state index contributed by atoms with van der Waals surface area (Å²) in [6, 6.07) is 6.99. The molecular formula is C16H17N5O3. The molecule has 2 heterocycles. The Morgan fingerprint density at radius 3 is 2.71 bits per heavy atom. The van der Waals surface area contributed by atoms with Crippen molar-refractivity contribution in [3.63, 3.8) is 0 Å². The summed E-state index contributed by atoms with van der Waals surface area (Å²) in [6.45, 7) is 5.77. The van der Waals surface area contributed by atoms with Gasteiger partial charge < -0.3 is 14.7 Å². The number of hydrogen-bond acceptors (Lipinski definition) is 6. The standard InChI is InChI=1S/C16H17N5O3/c1-16(2,3)15-21-20-14(24-15)13(23)17-8-11-18-10-7-5-4-6-9(10)12(22)19-11/h4-7H,8H2,1-3H3,(H,17,23)(H,18,19,22). The number of aromatic amines is 1. The van der Waals surface area contributed by atoms with Gasteiger partial charge in [0.25, 0.3) is 5.56 Å². The first-order valence-electron chi connectivity index (χ1n) is 7.45. The molecule has 1 aromatic carbocycles. The minimum atomic E-state index is -0.520. The van der Waals surface area contributed by atoms with Crippen LogP contribution in [0.1, 0.15) is 43.2 Å². The normalized spacial score (nSPS) is 11.6. The summed E-state index contributed by atoms with van der Waals surface area (Å²) in [4.78, 5) is 31.0. The first-order chi connectivity index (χ1) is 11.3. The van der Waals surface area contributed by atoms with E-state index in [9.17, 15) is 9.59 Å². The van der Waals surface area contributed by atoms with Gasteiger partial charge in [-0.2, -0.15) is 0 Å². The van der Waals surface area contributed by atoms with E-state index in [1.165, 1.54) is 0 Å². The Balaban J connectivity index is 1.75. The number of benzene rings is 1. The molecule has 8 nitrogen and oxygen atoms in total. The zero-order chi connectivity index (χ0) is 17.3. The summed E-state index contributed by atoms with van der Waals surface area (Å²) in [5.74, 6) is 0.0874. The molecule has 2 aromatic heterocycles. The Labute approximate surface area is 137 Å². The van der Waals surface area contributed by atoms with Crippen molar-refractivity contribution < 1.29 is 9.21 Å². The third-order valence-electron chi connectivity index (χ3n) is 3.34. The monoisotopic (exact) mass is 327 g/mol. The molecule has 2 N–H and O–H groups in total. The second-order valence-electron chi connectivity index (χ2n) is 6.37. The van der Waals surface area contributed by atoms with E-state index in [0.29, 0.717) is 22.6 Å². The third-order valence-corrected chi connectivity index (χ3v) is 3.34. The molecule has 0 spiro atoms. The molecule has 124 valence electrons. The third kappa shape index (κ3) is 3.17. The molecule has 0 saturated carbocycles. The highest BCUT2D eigenvalue weighted by molar-refractivity contribution is 5.89. The molecule has 0 radical (unpaired) electrons. The van der Waals surface area contributed by atoms with Gasteiger partial charge in [-0.1, -0.05) is 32.9 Å². The number of H-pyrrole nitrogens is 1. The molecule has 24 heavy (non-hydrogen) atoms. The maximum Gasteiger partial charge on any atom is 0.309 e. The van der Waals surface area contributed by atoms with E-state index in [0.717, 1.165) is 0 Å². The highest BCUT2D eigenvalue weighted by Crippen LogP contribution is 2.20. The number of para-hydroxylation sites is 1. The molecule has 0 bridgehead atoms. The number of amides is 1. The van der Waals surface area contributed by atoms with Gasteiger partial charge in [0.05, 0.1) is 17.4 Å². The Hall–Kier alpha value is -3.03. The summed E-state index contributed by atoms with van der Waals surface area (Å²) < 4.78 is 5.37. The van der Waals surface area contributed by atoms with E-state index in [4.69, 9.17) is 4.42 Å². The van der Waals surface area contributed by atoms with Gasteiger partial charge in [-0.05, 0) is 12.1 Å². The largest absolute Gasteiger partial charge is 0.416 e. The van der Waals surface area contributed by atoms with E-state index in [2.05, 4.69) is 25.5 Å². The lowest BCUT2D eigenvalue weighted by Crippen LogP contribution is -2.26. The highest BCUT2D eigenvalue weighted by Gasteiger charge is 2.23. The number of nitrogens with one attached hydrogen (secondary N) is 2. The number of carbonyl (C=O) groups excluding carboxylic acids is 1. The zero-order valence-electron chi connectivity index (χ0n) is 13.6. The number of nitrogens with zero attached hydrogens (tertiary/aromatic N) is 3. The highest BCUT2D eigenvalue weighted by atomic mass is 16.4. The van der Waals surface area contributed by atoms with Crippen LogP contribution in [0.4, 0.5) is 0 Å². The van der Waals surface area contributed by atoms with Crippen LogP contribution in [0.5, 0.6) is 0 Å². The van der Waals surface area contributed by atoms with Crippen molar-refractivity contribution in [2.75, 3.05) is 0 Å². The number of rotatable bonds is 3. The van der Waals surface area contributed by atoms with Crippen molar-refractivity contribution in [2.24, 2.45) is 0 Å². The fourth-order valence-corrected chi connectivity index (χ4v) is 2.08. The molecular weight excluding hydrogens is 310 g/mol. The molecule has 0 aliphatic rings. The lowest BCUT2D eigenvalue weighted by atomic mass is 9.97. The maximum absolute atomic E-state index is 12.1. The zero-order valence-corrected chi connectivity index (χ0v) is 13.6. The lowest BCUT2D eigenvalue weighted by molar-refractivity contribution is 0.0911. The number of fused-ring (bicyclic) bond motifs is 1. The topological polar surface area (TPSA) is 114 Å². The van der Waals surface area contributed by atoms with Crippen LogP contribution >= 0.6 is 0 Å². The predicted octanol–water partition coefficient (Wildman–Crippen LogP) is 1.53. The van der Waals surface area contributed by atoms with Crippen LogP contribution in [-0.4, -0.2) is 26.1 Å². The fraction of sp³-hybridized carbons (Fsp3) is 0.312. The first kappa shape index (κ1) is 15.9. The number of hydrogen-bond donors (Lipinski definition) is 2. The molecule has 8 heteroatoms. The van der Waals surface area contributed by atoms with E-state index in [-0.39, 0.29) is 23.4 Å². The van der Waals surface area contributed by atoms with Crippen LogP contribution in [-0.2, 0) is 12.0 Å². The van der Waals surface area contributed by atoms with Crippen LogP contribution in [0.2, 0.25) is 0 Å². The van der Waals surface area contributed by atoms with Gasteiger partial charge in [0.1, 0.15) is 5.82 Å². The van der Waals surface area contributed by atoms with Crippen molar-refractivity contribution in [1.29, 1.82) is 0 Å². The van der Waals surface area contributed by atoms with Crippen molar-refractivity contribution in [1.82, 2.24) is 25.5 Å². The predicted molar refractivity (Wildman–Crippen MR) is 86.5 cm³/mol. The Morgan fingerprint density at radius 2 is 2.00 bits per heavy atom. The van der Waals surface area contributed by atoms with Gasteiger partial charge in [0, 0.05) is 5.41 Å². The lowest BCUT2D eigenvalue weighted by Gasteiger charge is -2.10. The Kier molecular flexibility index (Phi) is 3.88. The summed E-state index contributed by atoms with van der Waals surface area (Å²) in [5.41, 5.74) is -0.0209. The first-order valence-corrected chi connectivity index (χ1v) is 7.45. The van der Waals surface area contributed by atoms with E-state index in [1.807, 2.05) is 20.8 Å². The minimum Gasteiger partial charge on any atom is -0.416 e. The smallest absolute Gasteiger partial charge is 0.309 e. The molecule has 1 amide bonds. The van der Waals surface area contributed by atoms with Gasteiger partial charge in [-0.15, -0.1) is 10.2 Å². The van der Waals surface area contributed by atoms with Crippen molar-refractivity contribution in [3.05, 3.63) is 52.2 Å². The van der Waals surface area contributed by atoms with Crippen molar-refractivity contribution in [3.8, 4) is 0 Å². The van der Waals surface area contributed by atoms with Gasteiger partial charge in [0.15, 0.2) is 0 Å². The molecule has 0 aliphatic heterocycles. The van der Waals surface area contributed by atoms with Gasteiger partial charge in [-0.3, -0.25) is 9.59 Å². The Morgan fingerprint density at radius 1 is 1.25 bits per heavy atom. The molecule has 0 unspecified atom stereocenters. The van der Waals surface area contributed by atoms with Crippen LogP contribution in [0.15, 0.2) is 33.5 Å². The summed E-state index contributed by atoms with van der Waals surface area (Å²) >= 11 is 0. The summed E-state index contributed by atoms with van der Waals surface area (Å²) in [5, 5.41) is 10.7. The number of aromatic nitrogens is 4. The van der Waals surface area contributed by atoms with E-state index in [1.54, 1.807) is 24.3 Å². The molecule has 3 aromatic rings. The summed E-state index contributed by atoms with van der Waals surface area (Å²) in [7, 11) is 0. The molecule has 0 fully saturated rings. The molecule has 0 atom stereocenters. The average molecular weight is 327 g/mol. The molecule has 0 saturated heterocycles. The van der Waals surface area contributed by atoms with Crippen molar-refractivity contribution in [2.45, 2.75) is 32.7 Å². The molecule has 3 rings (SSSR count). The Bertz CT molecular complexity index is 952. The van der Waals surface area contributed by atoms with Gasteiger partial charge in [-0.25, -0.2) is 4.98 Å². The molecule has 0 aliphatic carbocycles. The summed E-state index contributed by atoms with van der Waals surface area (Å²) in [6.07, 6.45) is 0. The van der Waals surface area contributed by atoms with Gasteiger partial charge in [0.2, 0.25) is 5.89 Å². The van der Waals surface area contributed by atoms with Crippen LogP contribution in [0.3, 0.4) is 0 Å². The van der Waals surface area contributed by atoms with Gasteiger partial charge >= 0.3 is 11.8 Å². The fourth-order valence-electron chi connectivity index (χ4n) is 2.08. The van der Waals surface area contributed by atoms with Crippen LogP contribution in [0.25, 0.3) is 10.9 Å². The second kappa shape index (κ2) is 5.88. The SMILES string of the molecule is CC(C)(C)c1nnc(C(=O)NCc2nc3ccccc3c(=O)[nH]2)o1. The maximum atomic E-state index is 12.1. The second-order valence-corrected chi connectivity index (χ2v) is 6.37. The van der Waals surface area contributed by atoms with Crippen LogP contribution < -0.4 is 10.9 Å². The van der Waals surface area contributed by atoms with Crippen molar-refractivity contribution >= 4 is 16.8 Å². The number of carbonyl (C=O) groups is 1. The minimum absolute atomic E-state index is 0.0478. The van der Waals surface area contributed by atoms with E-state index >= 15 is 0 Å².